The molecular weight excluding hydrogens is 478 g/mol. The third-order valence-electron chi connectivity index (χ3n) is 8.10. The Morgan fingerprint density at radius 1 is 0.919 bits per heavy atom. The van der Waals surface area contributed by atoms with Gasteiger partial charge in [-0.25, -0.2) is 4.79 Å². The van der Waals surface area contributed by atoms with Crippen molar-refractivity contribution in [3.8, 4) is 0 Å². The van der Waals surface area contributed by atoms with Gasteiger partial charge < -0.3 is 14.1 Å². The molecule has 37 heavy (non-hydrogen) atoms. The first-order valence-electron chi connectivity index (χ1n) is 13.7. The Labute approximate surface area is 223 Å². The number of amides is 1. The molecule has 4 rings (SSSR count). The van der Waals surface area contributed by atoms with E-state index in [0.717, 1.165) is 25.7 Å². The smallest absolute Gasteiger partial charge is 0.410 e. The maximum Gasteiger partial charge on any atom is 0.410 e. The number of hydrogen-bond donors (Lipinski definition) is 0. The van der Waals surface area contributed by atoms with Crippen LogP contribution in [0.5, 0.6) is 0 Å². The van der Waals surface area contributed by atoms with Crippen LogP contribution in [-0.2, 0) is 14.0 Å². The Kier molecular flexibility index (Phi) is 7.73. The molecule has 1 saturated carbocycles. The number of benzene rings is 2. The zero-order chi connectivity index (χ0) is 26.9. The van der Waals surface area contributed by atoms with E-state index in [1.165, 1.54) is 10.4 Å². The molecule has 0 unspecified atom stereocenters. The number of hydrogen-bond acceptors (Lipinski definition) is 4. The van der Waals surface area contributed by atoms with Gasteiger partial charge in [0, 0.05) is 19.6 Å². The van der Waals surface area contributed by atoms with Crippen LogP contribution in [0.25, 0.3) is 0 Å². The van der Waals surface area contributed by atoms with Gasteiger partial charge in [0.2, 0.25) is 0 Å². The summed E-state index contributed by atoms with van der Waals surface area (Å²) in [6.07, 6.45) is 3.53. The fourth-order valence-corrected chi connectivity index (χ4v) is 11.1. The number of nitrogens with zero attached hydrogens (tertiary/aromatic N) is 1. The van der Waals surface area contributed by atoms with Crippen molar-refractivity contribution in [3.05, 3.63) is 60.7 Å². The van der Waals surface area contributed by atoms with E-state index in [1.807, 2.05) is 37.8 Å². The van der Waals surface area contributed by atoms with Crippen LogP contribution in [0.4, 0.5) is 4.79 Å². The highest BCUT2D eigenvalue weighted by molar-refractivity contribution is 6.99. The van der Waals surface area contributed by atoms with E-state index in [4.69, 9.17) is 9.16 Å². The van der Waals surface area contributed by atoms with Gasteiger partial charge in [0.15, 0.2) is 0 Å². The molecule has 0 radical (unpaired) electrons. The monoisotopic (exact) mass is 521 g/mol. The van der Waals surface area contributed by atoms with Gasteiger partial charge >= 0.3 is 6.09 Å². The number of rotatable bonds is 5. The fourth-order valence-electron chi connectivity index (χ4n) is 6.55. The summed E-state index contributed by atoms with van der Waals surface area (Å²) in [4.78, 5) is 28.8. The lowest BCUT2D eigenvalue weighted by molar-refractivity contribution is -0.133. The lowest BCUT2D eigenvalue weighted by Crippen LogP contribution is -2.68. The van der Waals surface area contributed by atoms with Crippen molar-refractivity contribution in [2.24, 2.45) is 5.92 Å². The lowest BCUT2D eigenvalue weighted by Gasteiger charge is -2.49. The van der Waals surface area contributed by atoms with Crippen molar-refractivity contribution >= 4 is 30.6 Å². The van der Waals surface area contributed by atoms with Gasteiger partial charge in [-0.15, -0.1) is 0 Å². The molecule has 5 nitrogen and oxygen atoms in total. The van der Waals surface area contributed by atoms with Gasteiger partial charge in [0.05, 0.1) is 11.5 Å². The Hall–Kier alpha value is -2.44. The van der Waals surface area contributed by atoms with Crippen molar-refractivity contribution in [2.75, 3.05) is 13.2 Å². The molecule has 2 aromatic rings. The zero-order valence-corrected chi connectivity index (χ0v) is 24.4. The van der Waals surface area contributed by atoms with Crippen molar-refractivity contribution < 1.29 is 18.8 Å². The van der Waals surface area contributed by atoms with Gasteiger partial charge in [-0.05, 0) is 61.9 Å². The maximum absolute atomic E-state index is 13.6. The highest BCUT2D eigenvalue weighted by Crippen LogP contribution is 2.46. The quantitative estimate of drug-likeness (QED) is 0.474. The first-order chi connectivity index (χ1) is 17.4. The summed E-state index contributed by atoms with van der Waals surface area (Å²) >= 11 is 0. The Morgan fingerprint density at radius 2 is 1.46 bits per heavy atom. The van der Waals surface area contributed by atoms with Crippen LogP contribution < -0.4 is 10.4 Å². The minimum atomic E-state index is -2.80. The van der Waals surface area contributed by atoms with Crippen LogP contribution in [0.1, 0.15) is 73.6 Å². The largest absolute Gasteiger partial charge is 0.444 e. The van der Waals surface area contributed by atoms with Crippen molar-refractivity contribution in [1.29, 1.82) is 0 Å². The second kappa shape index (κ2) is 10.4. The number of likely N-dealkylation sites (tertiary alicyclic amines) is 1. The molecular formula is C31H43NO4Si. The standard InChI is InChI=1S/C31H43NO4Si/c1-29(2,3)36-28(34)32-22-14-21-31(32)20-13-19-27(33)26(31)23-35-37(30(4,5)6,24-15-9-7-10-16-24)25-17-11-8-12-18-25/h7-12,15-18,26H,13-14,19-23H2,1-6H3/t26-,31+/m0/s1. The zero-order valence-electron chi connectivity index (χ0n) is 23.4. The third-order valence-corrected chi connectivity index (χ3v) is 13.1. The van der Waals surface area contributed by atoms with Gasteiger partial charge in [0.1, 0.15) is 11.4 Å². The molecule has 0 aromatic heterocycles. The molecule has 2 aliphatic rings. The number of ether oxygens (including phenoxy) is 1. The van der Waals surface area contributed by atoms with E-state index in [0.29, 0.717) is 19.6 Å². The predicted molar refractivity (Wildman–Crippen MR) is 151 cm³/mol. The Bertz CT molecular complexity index is 1050. The van der Waals surface area contributed by atoms with Gasteiger partial charge in [-0.1, -0.05) is 81.4 Å². The summed E-state index contributed by atoms with van der Waals surface area (Å²) in [5, 5.41) is 2.21. The number of Topliss-reactive ketones (excluding diaryl/α,β-unsaturated/α-hetero) is 1. The lowest BCUT2D eigenvalue weighted by atomic mass is 9.70. The molecule has 2 fully saturated rings. The number of ketones is 1. The molecule has 1 amide bonds. The second-order valence-corrected chi connectivity index (χ2v) is 17.0. The molecule has 1 heterocycles. The number of carbonyl (C=O) groups is 2. The van der Waals surface area contributed by atoms with Crippen LogP contribution >= 0.6 is 0 Å². The van der Waals surface area contributed by atoms with Crippen LogP contribution in [0.2, 0.25) is 5.04 Å². The third kappa shape index (κ3) is 5.28. The molecule has 2 aromatic carbocycles. The molecule has 200 valence electrons. The maximum atomic E-state index is 13.6. The topological polar surface area (TPSA) is 55.8 Å². The van der Waals surface area contributed by atoms with Crippen LogP contribution in [0.15, 0.2) is 60.7 Å². The van der Waals surface area contributed by atoms with Gasteiger partial charge in [-0.2, -0.15) is 0 Å². The molecule has 2 atom stereocenters. The summed E-state index contributed by atoms with van der Waals surface area (Å²) < 4.78 is 13.0. The number of carbonyl (C=O) groups excluding carboxylic acids is 2. The first kappa shape index (κ1) is 27.6. The summed E-state index contributed by atoms with van der Waals surface area (Å²) in [5.41, 5.74) is -1.12. The van der Waals surface area contributed by atoms with Crippen molar-refractivity contribution in [3.63, 3.8) is 0 Å². The minimum absolute atomic E-state index is 0.179. The molecule has 0 bridgehead atoms. The fraction of sp³-hybridized carbons (Fsp3) is 0.548. The minimum Gasteiger partial charge on any atom is -0.444 e. The van der Waals surface area contributed by atoms with Crippen LogP contribution in [0.3, 0.4) is 0 Å². The van der Waals surface area contributed by atoms with E-state index in [-0.39, 0.29) is 22.8 Å². The second-order valence-electron chi connectivity index (χ2n) is 12.7. The van der Waals surface area contributed by atoms with Crippen LogP contribution in [-0.4, -0.2) is 49.4 Å². The average molecular weight is 522 g/mol. The molecule has 1 aliphatic heterocycles. The van der Waals surface area contributed by atoms with Crippen molar-refractivity contribution in [1.82, 2.24) is 4.90 Å². The Balaban J connectivity index is 1.75. The summed E-state index contributed by atoms with van der Waals surface area (Å²) in [5.74, 6) is -0.155. The summed E-state index contributed by atoms with van der Waals surface area (Å²) in [6.45, 7) is 13.4. The van der Waals surface area contributed by atoms with E-state index in [9.17, 15) is 9.59 Å². The first-order valence-corrected chi connectivity index (χ1v) is 15.6. The SMILES string of the molecule is CC(C)(C)OC(=O)N1CCC[C@@]12CCCC(=O)[C@@H]2CO[Si](c1ccccc1)(c1ccccc1)C(C)(C)C. The molecule has 1 aliphatic carbocycles. The molecule has 1 spiro atoms. The van der Waals surface area contributed by atoms with E-state index in [1.54, 1.807) is 0 Å². The van der Waals surface area contributed by atoms with E-state index < -0.39 is 19.5 Å². The van der Waals surface area contributed by atoms with E-state index in [2.05, 4.69) is 69.3 Å². The Morgan fingerprint density at radius 3 is 1.97 bits per heavy atom. The molecule has 1 saturated heterocycles. The predicted octanol–water partition coefficient (Wildman–Crippen LogP) is 5.70. The van der Waals surface area contributed by atoms with Crippen molar-refractivity contribution in [2.45, 2.75) is 89.8 Å². The average Bonchev–Trinajstić information content (AvgIpc) is 3.24. The molecule has 0 N–H and O–H groups in total. The highest BCUT2D eigenvalue weighted by Gasteiger charge is 2.56. The summed E-state index contributed by atoms with van der Waals surface area (Å²) in [6, 6.07) is 21.1. The summed E-state index contributed by atoms with van der Waals surface area (Å²) in [7, 11) is -2.80. The van der Waals surface area contributed by atoms with E-state index >= 15 is 0 Å². The molecule has 6 heteroatoms. The van der Waals surface area contributed by atoms with Gasteiger partial charge in [-0.3, -0.25) is 4.79 Å². The van der Waals surface area contributed by atoms with Gasteiger partial charge in [0.25, 0.3) is 8.32 Å². The normalized spacial score (nSPS) is 22.9. The van der Waals surface area contributed by atoms with Crippen LogP contribution in [0, 0.1) is 5.92 Å². The highest BCUT2D eigenvalue weighted by atomic mass is 28.4.